The molecule has 152 valence electrons. The molecule has 0 bridgehead atoms. The number of rotatable bonds is 4. The molecule has 0 saturated carbocycles. The number of hydrogen-bond acceptors (Lipinski definition) is 3. The molecule has 0 aromatic heterocycles. The van der Waals surface area contributed by atoms with Crippen LogP contribution in [0.3, 0.4) is 0 Å². The van der Waals surface area contributed by atoms with Crippen LogP contribution in [-0.2, 0) is 11.2 Å². The van der Waals surface area contributed by atoms with Crippen LogP contribution in [0.4, 0.5) is 0 Å². The van der Waals surface area contributed by atoms with Gasteiger partial charge in [0.2, 0.25) is 5.91 Å². The monoisotopic (exact) mass is 383 g/mol. The Hall–Kier alpha value is -2.08. The molecule has 2 unspecified atom stereocenters. The van der Waals surface area contributed by atoms with Crippen LogP contribution in [0.5, 0.6) is 0 Å². The smallest absolute Gasteiger partial charge is 0.239 e. The lowest BCUT2D eigenvalue weighted by Crippen LogP contribution is -2.57. The summed E-state index contributed by atoms with van der Waals surface area (Å²) in [5.74, 6) is 1.88. The second-order valence-corrected chi connectivity index (χ2v) is 8.26. The van der Waals surface area contributed by atoms with E-state index in [1.54, 1.807) is 0 Å². The lowest BCUT2D eigenvalue weighted by Gasteiger charge is -2.40. The van der Waals surface area contributed by atoms with Crippen LogP contribution >= 0.6 is 0 Å². The molecule has 0 radical (unpaired) electrons. The third kappa shape index (κ3) is 3.88. The third-order valence-corrected chi connectivity index (χ3v) is 6.62. The van der Waals surface area contributed by atoms with Crippen LogP contribution in [0.1, 0.15) is 36.8 Å². The third-order valence-electron chi connectivity index (χ3n) is 6.62. The fourth-order valence-electron chi connectivity index (χ4n) is 4.77. The highest BCUT2D eigenvalue weighted by atomic mass is 16.2. The highest BCUT2D eigenvalue weighted by Crippen LogP contribution is 2.34. The Morgan fingerprint density at radius 3 is 2.50 bits per heavy atom. The van der Waals surface area contributed by atoms with Gasteiger partial charge in [-0.1, -0.05) is 24.3 Å². The molecule has 2 fully saturated rings. The van der Waals surface area contributed by atoms with Crippen molar-refractivity contribution in [3.05, 3.63) is 35.4 Å². The second kappa shape index (κ2) is 8.52. The van der Waals surface area contributed by atoms with Gasteiger partial charge in [-0.15, -0.1) is 0 Å². The van der Waals surface area contributed by atoms with Crippen molar-refractivity contribution in [2.45, 2.75) is 38.1 Å². The molecule has 1 aromatic rings. The summed E-state index contributed by atoms with van der Waals surface area (Å²) in [6.45, 7) is 8.53. The molecule has 2 aliphatic heterocycles. The quantitative estimate of drug-likeness (QED) is 0.633. The Labute approximate surface area is 168 Å². The zero-order chi connectivity index (χ0) is 19.5. The first kappa shape index (κ1) is 19.2. The fourth-order valence-corrected chi connectivity index (χ4v) is 4.77. The summed E-state index contributed by atoms with van der Waals surface area (Å²) < 4.78 is 0. The number of aliphatic imine (C=N–C) groups is 1. The predicted molar refractivity (Wildman–Crippen MR) is 113 cm³/mol. The normalized spacial score (nSPS) is 23.9. The summed E-state index contributed by atoms with van der Waals surface area (Å²) >= 11 is 0. The minimum absolute atomic E-state index is 0.0123. The van der Waals surface area contributed by atoms with Crippen molar-refractivity contribution in [2.75, 3.05) is 52.9 Å². The number of carbonyl (C=O) groups is 1. The number of likely N-dealkylation sites (tertiary alicyclic amines) is 1. The Balaban J connectivity index is 1.25. The number of nitrogens with one attached hydrogen (secondary N) is 1. The minimum atomic E-state index is -0.0123. The molecule has 0 spiro atoms. The van der Waals surface area contributed by atoms with Crippen LogP contribution in [-0.4, -0.2) is 85.5 Å². The van der Waals surface area contributed by atoms with E-state index in [0.717, 1.165) is 71.0 Å². The maximum atomic E-state index is 12.7. The topological polar surface area (TPSA) is 51.2 Å². The summed E-state index contributed by atoms with van der Waals surface area (Å²) in [7, 11) is 1.86. The molecule has 6 nitrogen and oxygen atoms in total. The first-order chi connectivity index (χ1) is 13.7. The van der Waals surface area contributed by atoms with Crippen molar-refractivity contribution in [1.29, 1.82) is 0 Å². The maximum Gasteiger partial charge on any atom is 0.239 e. The average molecular weight is 384 g/mol. The molecule has 2 saturated heterocycles. The van der Waals surface area contributed by atoms with Gasteiger partial charge in [-0.3, -0.25) is 14.7 Å². The van der Waals surface area contributed by atoms with E-state index in [2.05, 4.69) is 51.3 Å². The summed E-state index contributed by atoms with van der Waals surface area (Å²) in [5.41, 5.74) is 2.96. The van der Waals surface area contributed by atoms with E-state index in [1.165, 1.54) is 11.1 Å². The molecule has 1 aliphatic carbocycles. The SMILES string of the molecule is CN=C(NCC1Cc2ccccc21)N1CCN(C(C)C(=O)N2CCCC2)CC1. The van der Waals surface area contributed by atoms with Gasteiger partial charge in [-0.2, -0.15) is 0 Å². The van der Waals surface area contributed by atoms with E-state index in [-0.39, 0.29) is 6.04 Å². The van der Waals surface area contributed by atoms with Gasteiger partial charge in [0.25, 0.3) is 0 Å². The number of guanidine groups is 1. The van der Waals surface area contributed by atoms with Crippen molar-refractivity contribution < 1.29 is 4.79 Å². The molecule has 1 amide bonds. The number of benzene rings is 1. The number of piperazine rings is 1. The van der Waals surface area contributed by atoms with Crippen LogP contribution < -0.4 is 5.32 Å². The van der Waals surface area contributed by atoms with Crippen molar-refractivity contribution in [3.8, 4) is 0 Å². The van der Waals surface area contributed by atoms with Gasteiger partial charge in [0.05, 0.1) is 6.04 Å². The lowest BCUT2D eigenvalue weighted by molar-refractivity contribution is -0.135. The molecule has 4 rings (SSSR count). The van der Waals surface area contributed by atoms with E-state index in [1.807, 2.05) is 11.9 Å². The van der Waals surface area contributed by atoms with Crippen LogP contribution in [0, 0.1) is 0 Å². The molecular weight excluding hydrogens is 350 g/mol. The van der Waals surface area contributed by atoms with Crippen molar-refractivity contribution in [3.63, 3.8) is 0 Å². The van der Waals surface area contributed by atoms with Gasteiger partial charge in [-0.25, -0.2) is 0 Å². The number of amides is 1. The average Bonchev–Trinajstić information content (AvgIpc) is 3.25. The molecule has 2 atom stereocenters. The number of hydrogen-bond donors (Lipinski definition) is 1. The van der Waals surface area contributed by atoms with E-state index < -0.39 is 0 Å². The fraction of sp³-hybridized carbons (Fsp3) is 0.636. The van der Waals surface area contributed by atoms with Crippen molar-refractivity contribution in [1.82, 2.24) is 20.0 Å². The number of fused-ring (bicyclic) bond motifs is 1. The second-order valence-electron chi connectivity index (χ2n) is 8.26. The standard InChI is InChI=1S/C22H33N5O/c1-17(21(28)26-9-5-6-10-26)25-11-13-27(14-12-25)22(23-2)24-16-19-15-18-7-3-4-8-20(18)19/h3-4,7-8,17,19H,5-6,9-16H2,1-2H3,(H,23,24). The highest BCUT2D eigenvalue weighted by Gasteiger charge is 2.31. The summed E-state index contributed by atoms with van der Waals surface area (Å²) in [6.07, 6.45) is 3.46. The van der Waals surface area contributed by atoms with Crippen molar-refractivity contribution >= 4 is 11.9 Å². The van der Waals surface area contributed by atoms with Gasteiger partial charge in [0, 0.05) is 58.8 Å². The summed E-state index contributed by atoms with van der Waals surface area (Å²) in [4.78, 5) is 23.9. The van der Waals surface area contributed by atoms with Gasteiger partial charge in [0.15, 0.2) is 5.96 Å². The first-order valence-corrected chi connectivity index (χ1v) is 10.7. The number of carbonyl (C=O) groups excluding carboxylic acids is 1. The van der Waals surface area contributed by atoms with E-state index in [4.69, 9.17) is 0 Å². The maximum absolute atomic E-state index is 12.7. The molecule has 1 N–H and O–H groups in total. The van der Waals surface area contributed by atoms with Crippen molar-refractivity contribution in [2.24, 2.45) is 4.99 Å². The van der Waals surface area contributed by atoms with Crippen LogP contribution in [0.2, 0.25) is 0 Å². The van der Waals surface area contributed by atoms with Gasteiger partial charge in [-0.05, 0) is 37.3 Å². The molecule has 3 aliphatic rings. The van der Waals surface area contributed by atoms with E-state index >= 15 is 0 Å². The summed E-state index contributed by atoms with van der Waals surface area (Å²) in [5, 5.41) is 3.58. The van der Waals surface area contributed by atoms with Gasteiger partial charge >= 0.3 is 0 Å². The zero-order valence-electron chi connectivity index (χ0n) is 17.2. The molecule has 2 heterocycles. The lowest BCUT2D eigenvalue weighted by atomic mass is 9.78. The van der Waals surface area contributed by atoms with E-state index in [0.29, 0.717) is 11.8 Å². The Morgan fingerprint density at radius 2 is 1.82 bits per heavy atom. The number of nitrogens with zero attached hydrogens (tertiary/aromatic N) is 4. The molecular formula is C22H33N5O. The van der Waals surface area contributed by atoms with Crippen LogP contribution in [0.15, 0.2) is 29.3 Å². The Bertz CT molecular complexity index is 719. The predicted octanol–water partition coefficient (Wildman–Crippen LogP) is 1.53. The largest absolute Gasteiger partial charge is 0.356 e. The molecule has 28 heavy (non-hydrogen) atoms. The summed E-state index contributed by atoms with van der Waals surface area (Å²) in [6, 6.07) is 8.71. The minimum Gasteiger partial charge on any atom is -0.356 e. The van der Waals surface area contributed by atoms with Gasteiger partial charge < -0.3 is 15.1 Å². The zero-order valence-corrected chi connectivity index (χ0v) is 17.2. The molecule has 6 heteroatoms. The Kier molecular flexibility index (Phi) is 5.85. The Morgan fingerprint density at radius 1 is 1.11 bits per heavy atom. The van der Waals surface area contributed by atoms with E-state index in [9.17, 15) is 4.79 Å². The van der Waals surface area contributed by atoms with Gasteiger partial charge in [0.1, 0.15) is 0 Å². The molecule has 1 aromatic carbocycles. The first-order valence-electron chi connectivity index (χ1n) is 10.7. The van der Waals surface area contributed by atoms with Crippen LogP contribution in [0.25, 0.3) is 0 Å². The highest BCUT2D eigenvalue weighted by molar-refractivity contribution is 5.82.